The third-order valence-corrected chi connectivity index (χ3v) is 4.06. The van der Waals surface area contributed by atoms with Crippen molar-refractivity contribution >= 4 is 28.0 Å². The molecule has 0 spiro atoms. The van der Waals surface area contributed by atoms with Crippen molar-refractivity contribution in [2.75, 3.05) is 7.11 Å². The van der Waals surface area contributed by atoms with Gasteiger partial charge in [-0.1, -0.05) is 0 Å². The van der Waals surface area contributed by atoms with E-state index in [1.807, 2.05) is 12.1 Å². The highest BCUT2D eigenvalue weighted by Crippen LogP contribution is 2.35. The van der Waals surface area contributed by atoms with Crippen LogP contribution in [-0.4, -0.2) is 18.2 Å². The quantitative estimate of drug-likeness (QED) is 0.681. The van der Waals surface area contributed by atoms with Gasteiger partial charge in [-0.25, -0.2) is 4.79 Å². The molecule has 23 heavy (non-hydrogen) atoms. The highest BCUT2D eigenvalue weighted by Gasteiger charge is 2.15. The molecule has 1 aromatic carbocycles. The molecule has 0 saturated carbocycles. The predicted octanol–water partition coefficient (Wildman–Crippen LogP) is 3.71. The van der Waals surface area contributed by atoms with E-state index in [4.69, 9.17) is 10.5 Å². The van der Waals surface area contributed by atoms with E-state index in [-0.39, 0.29) is 11.3 Å². The summed E-state index contributed by atoms with van der Waals surface area (Å²) < 4.78 is 4.56. The number of azo groups is 1. The second kappa shape index (κ2) is 6.69. The van der Waals surface area contributed by atoms with Gasteiger partial charge in [-0.2, -0.15) is 10.5 Å². The van der Waals surface area contributed by atoms with E-state index < -0.39 is 5.97 Å². The number of hydrogen-bond donors (Lipinski definition) is 1. The number of phenols is 1. The number of hydrogen-bond acceptors (Lipinski definition) is 8. The summed E-state index contributed by atoms with van der Waals surface area (Å²) in [5, 5.41) is 36.0. The first-order valence-corrected chi connectivity index (χ1v) is 7.10. The second-order valence-electron chi connectivity index (χ2n) is 4.35. The number of aromatic hydroxyl groups is 1. The maximum Gasteiger partial charge on any atom is 0.341 e. The Bertz CT molecular complexity index is 887. The largest absolute Gasteiger partial charge is 0.507 e. The standard InChI is InChI=1S/C15H10N4O3S/c1-8-11(6-16)14(23-13(8)7-17)19-18-9-3-4-12(20)10(5-9)15(21)22-2/h3-5,20H,1-2H3. The van der Waals surface area contributed by atoms with Crippen LogP contribution in [0, 0.1) is 29.6 Å². The van der Waals surface area contributed by atoms with E-state index in [0.717, 1.165) is 11.3 Å². The molecule has 0 aliphatic rings. The average molecular weight is 326 g/mol. The third kappa shape index (κ3) is 3.18. The van der Waals surface area contributed by atoms with Gasteiger partial charge in [-0.15, -0.1) is 21.6 Å². The van der Waals surface area contributed by atoms with Crippen LogP contribution in [-0.2, 0) is 4.74 Å². The normalized spacial score (nSPS) is 10.3. The highest BCUT2D eigenvalue weighted by molar-refractivity contribution is 7.16. The molecular weight excluding hydrogens is 316 g/mol. The van der Waals surface area contributed by atoms with Crippen molar-refractivity contribution in [1.82, 2.24) is 0 Å². The van der Waals surface area contributed by atoms with Crippen molar-refractivity contribution in [3.05, 3.63) is 39.8 Å². The van der Waals surface area contributed by atoms with Gasteiger partial charge in [0.15, 0.2) is 5.00 Å². The van der Waals surface area contributed by atoms with E-state index >= 15 is 0 Å². The summed E-state index contributed by atoms with van der Waals surface area (Å²) in [6.07, 6.45) is 0. The van der Waals surface area contributed by atoms with Crippen molar-refractivity contribution in [1.29, 1.82) is 10.5 Å². The van der Waals surface area contributed by atoms with E-state index in [0.29, 0.717) is 26.7 Å². The Morgan fingerprint density at radius 1 is 1.30 bits per heavy atom. The van der Waals surface area contributed by atoms with Crippen molar-refractivity contribution < 1.29 is 14.6 Å². The third-order valence-electron chi connectivity index (χ3n) is 2.98. The second-order valence-corrected chi connectivity index (χ2v) is 5.35. The van der Waals surface area contributed by atoms with Gasteiger partial charge in [0.05, 0.1) is 18.4 Å². The number of nitriles is 2. The lowest BCUT2D eigenvalue weighted by atomic mass is 10.2. The van der Waals surface area contributed by atoms with E-state index in [9.17, 15) is 9.90 Å². The van der Waals surface area contributed by atoms with Gasteiger partial charge in [-0.3, -0.25) is 0 Å². The Morgan fingerprint density at radius 2 is 2.04 bits per heavy atom. The minimum atomic E-state index is -0.698. The molecule has 0 atom stereocenters. The molecule has 0 aliphatic carbocycles. The molecule has 0 bridgehead atoms. The van der Waals surface area contributed by atoms with Crippen LogP contribution < -0.4 is 0 Å². The lowest BCUT2D eigenvalue weighted by Crippen LogP contribution is -2.00. The molecule has 1 heterocycles. The molecule has 114 valence electrons. The van der Waals surface area contributed by atoms with Crippen LogP contribution in [0.3, 0.4) is 0 Å². The molecule has 0 aliphatic heterocycles. The highest BCUT2D eigenvalue weighted by atomic mass is 32.1. The molecule has 1 N–H and O–H groups in total. The minimum absolute atomic E-state index is 0.0375. The van der Waals surface area contributed by atoms with Crippen LogP contribution in [0.15, 0.2) is 28.4 Å². The maximum atomic E-state index is 11.5. The molecule has 1 aromatic heterocycles. The summed E-state index contributed by atoms with van der Waals surface area (Å²) in [7, 11) is 1.20. The molecule has 0 saturated heterocycles. The van der Waals surface area contributed by atoms with Gasteiger partial charge >= 0.3 is 5.97 Å². The summed E-state index contributed by atoms with van der Waals surface area (Å²) in [6, 6.07) is 8.07. The monoisotopic (exact) mass is 326 g/mol. The van der Waals surface area contributed by atoms with Crippen molar-refractivity contribution in [2.24, 2.45) is 10.2 Å². The Labute approximate surface area is 135 Å². The van der Waals surface area contributed by atoms with E-state index in [1.54, 1.807) is 6.92 Å². The number of carbonyl (C=O) groups is 1. The molecule has 8 heteroatoms. The van der Waals surface area contributed by atoms with Crippen LogP contribution in [0.1, 0.15) is 26.4 Å². The van der Waals surface area contributed by atoms with E-state index in [1.165, 1.54) is 25.3 Å². The van der Waals surface area contributed by atoms with Crippen molar-refractivity contribution in [3.8, 4) is 17.9 Å². The Morgan fingerprint density at radius 3 is 2.65 bits per heavy atom. The Hall–Kier alpha value is -3.23. The first-order valence-electron chi connectivity index (χ1n) is 6.28. The van der Waals surface area contributed by atoms with Crippen LogP contribution in [0.4, 0.5) is 10.7 Å². The van der Waals surface area contributed by atoms with Gasteiger partial charge in [-0.05, 0) is 30.7 Å². The molecule has 0 fully saturated rings. The predicted molar refractivity (Wildman–Crippen MR) is 82.1 cm³/mol. The van der Waals surface area contributed by atoms with Crippen molar-refractivity contribution in [3.63, 3.8) is 0 Å². The zero-order chi connectivity index (χ0) is 17.0. The van der Waals surface area contributed by atoms with Gasteiger partial charge in [0, 0.05) is 0 Å². The van der Waals surface area contributed by atoms with E-state index in [2.05, 4.69) is 15.0 Å². The number of phenolic OH excluding ortho intramolecular Hbond substituents is 1. The lowest BCUT2D eigenvalue weighted by Gasteiger charge is -2.02. The van der Waals surface area contributed by atoms with Crippen molar-refractivity contribution in [2.45, 2.75) is 6.92 Å². The van der Waals surface area contributed by atoms with Crippen LogP contribution in [0.5, 0.6) is 5.75 Å². The van der Waals surface area contributed by atoms with Gasteiger partial charge in [0.1, 0.15) is 28.3 Å². The minimum Gasteiger partial charge on any atom is -0.507 e. The number of carbonyl (C=O) groups excluding carboxylic acids is 1. The average Bonchev–Trinajstić information content (AvgIpc) is 2.88. The van der Waals surface area contributed by atoms with Gasteiger partial charge in [0.2, 0.25) is 0 Å². The van der Waals surface area contributed by atoms with Crippen LogP contribution in [0.2, 0.25) is 0 Å². The van der Waals surface area contributed by atoms with Gasteiger partial charge < -0.3 is 9.84 Å². The first-order chi connectivity index (χ1) is 11.0. The molecule has 2 aromatic rings. The molecular formula is C15H10N4O3S. The number of rotatable bonds is 3. The molecule has 0 radical (unpaired) electrons. The number of methoxy groups -OCH3 is 1. The number of benzene rings is 1. The fourth-order valence-electron chi connectivity index (χ4n) is 1.77. The lowest BCUT2D eigenvalue weighted by molar-refractivity contribution is 0.0597. The zero-order valence-corrected chi connectivity index (χ0v) is 13.0. The van der Waals surface area contributed by atoms with Crippen LogP contribution >= 0.6 is 11.3 Å². The summed E-state index contributed by atoms with van der Waals surface area (Å²) in [6.45, 7) is 1.67. The summed E-state index contributed by atoms with van der Waals surface area (Å²) in [5.74, 6) is -0.928. The fraction of sp³-hybridized carbons (Fsp3) is 0.133. The molecule has 0 unspecified atom stereocenters. The number of thiophene rings is 1. The number of esters is 1. The number of ether oxygens (including phenoxy) is 1. The summed E-state index contributed by atoms with van der Waals surface area (Å²) in [5.41, 5.74) is 1.12. The first kappa shape index (κ1) is 16.1. The fourth-order valence-corrected chi connectivity index (χ4v) is 2.65. The van der Waals surface area contributed by atoms with Crippen LogP contribution in [0.25, 0.3) is 0 Å². The Balaban J connectivity index is 2.41. The SMILES string of the molecule is COC(=O)c1cc(N=Nc2sc(C#N)c(C)c2C#N)ccc1O. The summed E-state index contributed by atoms with van der Waals surface area (Å²) in [4.78, 5) is 11.9. The van der Waals surface area contributed by atoms with Gasteiger partial charge in [0.25, 0.3) is 0 Å². The smallest absolute Gasteiger partial charge is 0.341 e. The molecule has 7 nitrogen and oxygen atoms in total. The summed E-state index contributed by atoms with van der Waals surface area (Å²) >= 11 is 1.06. The Kier molecular flexibility index (Phi) is 4.69. The number of nitrogens with zero attached hydrogens (tertiary/aromatic N) is 4. The molecule has 2 rings (SSSR count). The topological polar surface area (TPSA) is 119 Å². The molecule has 0 amide bonds. The maximum absolute atomic E-state index is 11.5. The zero-order valence-electron chi connectivity index (χ0n) is 12.2.